The third-order valence-corrected chi connectivity index (χ3v) is 7.21. The Morgan fingerprint density at radius 3 is 1.81 bits per heavy atom. The van der Waals surface area contributed by atoms with Crippen molar-refractivity contribution >= 4 is 40.7 Å². The van der Waals surface area contributed by atoms with Crippen LogP contribution >= 0.6 is 11.6 Å². The SMILES string of the molecule is C.CCOC(=O)c1cnn2ccc(Cl)nc12.CCOC(=O)c1cnn2ccc(N[C@H](C)c3cc(F)ccc3O)nc12.C[C@@H](N)c1cc(F)ccc1O. The summed E-state index contributed by atoms with van der Waals surface area (Å²) in [4.78, 5) is 31.8. The number of halogens is 3. The van der Waals surface area contributed by atoms with Crippen LogP contribution in [0, 0.1) is 11.6 Å². The third kappa shape index (κ3) is 10.1. The average molecular weight is 741 g/mol. The number of ether oxygens (including phenoxy) is 2. The molecule has 52 heavy (non-hydrogen) atoms. The van der Waals surface area contributed by atoms with Gasteiger partial charge in [-0.2, -0.15) is 10.2 Å². The Bertz CT molecular complexity index is 2140. The Balaban J connectivity index is 0.000000230. The first-order chi connectivity index (χ1) is 24.3. The summed E-state index contributed by atoms with van der Waals surface area (Å²) in [5, 5.41) is 30.5. The molecule has 5 N–H and O–H groups in total. The van der Waals surface area contributed by atoms with E-state index in [-0.39, 0.29) is 43.0 Å². The summed E-state index contributed by atoms with van der Waals surface area (Å²) in [6.07, 6.45) is 6.08. The molecule has 4 heterocycles. The van der Waals surface area contributed by atoms with E-state index >= 15 is 0 Å². The average Bonchev–Trinajstić information content (AvgIpc) is 3.71. The molecule has 0 saturated carbocycles. The highest BCUT2D eigenvalue weighted by atomic mass is 35.5. The summed E-state index contributed by atoms with van der Waals surface area (Å²) in [5.41, 5.74) is 7.62. The Labute approximate surface area is 302 Å². The van der Waals surface area contributed by atoms with Crippen LogP contribution in [0.1, 0.15) is 79.0 Å². The molecule has 6 rings (SSSR count). The van der Waals surface area contributed by atoms with Crippen LogP contribution in [0.5, 0.6) is 11.5 Å². The smallest absolute Gasteiger partial charge is 0.343 e. The van der Waals surface area contributed by atoms with Crippen LogP contribution in [0.25, 0.3) is 11.3 Å². The Morgan fingerprint density at radius 2 is 1.31 bits per heavy atom. The van der Waals surface area contributed by atoms with Crippen molar-refractivity contribution < 1.29 is 38.1 Å². The zero-order chi connectivity index (χ0) is 37.2. The maximum atomic E-state index is 13.4. The molecule has 2 aromatic carbocycles. The van der Waals surface area contributed by atoms with E-state index < -0.39 is 23.8 Å². The van der Waals surface area contributed by atoms with Gasteiger partial charge in [0.2, 0.25) is 0 Å². The van der Waals surface area contributed by atoms with Crippen LogP contribution in [0.15, 0.2) is 73.3 Å². The molecule has 0 aliphatic heterocycles. The van der Waals surface area contributed by atoms with Gasteiger partial charge >= 0.3 is 11.9 Å². The first kappa shape index (κ1) is 40.6. The first-order valence-corrected chi connectivity index (χ1v) is 15.9. The molecule has 0 radical (unpaired) electrons. The van der Waals surface area contributed by atoms with Crippen LogP contribution in [0.3, 0.4) is 0 Å². The molecule has 0 unspecified atom stereocenters. The van der Waals surface area contributed by atoms with Gasteiger partial charge in [0.1, 0.15) is 45.2 Å². The number of nitrogens with two attached hydrogens (primary N) is 1. The zero-order valence-corrected chi connectivity index (χ0v) is 28.7. The normalized spacial score (nSPS) is 11.6. The number of phenols is 2. The van der Waals surface area contributed by atoms with E-state index in [9.17, 15) is 23.5 Å². The van der Waals surface area contributed by atoms with Crippen molar-refractivity contribution in [3.05, 3.63) is 112 Å². The van der Waals surface area contributed by atoms with E-state index in [0.29, 0.717) is 45.6 Å². The lowest BCUT2D eigenvalue weighted by Crippen LogP contribution is -2.10. The van der Waals surface area contributed by atoms with Gasteiger partial charge in [-0.3, -0.25) is 0 Å². The number of carbonyl (C=O) groups excluding carboxylic acids is 2. The molecule has 276 valence electrons. The summed E-state index contributed by atoms with van der Waals surface area (Å²) >= 11 is 5.72. The molecule has 0 amide bonds. The van der Waals surface area contributed by atoms with Crippen LogP contribution in [0.4, 0.5) is 14.6 Å². The van der Waals surface area contributed by atoms with Crippen molar-refractivity contribution in [2.45, 2.75) is 47.2 Å². The number of fused-ring (bicyclic) bond motifs is 2. The number of nitrogens with one attached hydrogen (secondary N) is 1. The number of esters is 2. The zero-order valence-electron chi connectivity index (χ0n) is 27.9. The van der Waals surface area contributed by atoms with E-state index in [1.807, 2.05) is 0 Å². The van der Waals surface area contributed by atoms with Gasteiger partial charge in [0.05, 0.1) is 31.6 Å². The van der Waals surface area contributed by atoms with Crippen LogP contribution in [-0.2, 0) is 9.47 Å². The van der Waals surface area contributed by atoms with Crippen molar-refractivity contribution in [1.82, 2.24) is 29.2 Å². The summed E-state index contributed by atoms with van der Waals surface area (Å²) < 4.78 is 38.7. The fraction of sp³-hybridized carbons (Fsp3) is 0.257. The maximum Gasteiger partial charge on any atom is 0.343 e. The number of phenolic OH excluding ortho intramolecular Hbond substituents is 2. The van der Waals surface area contributed by atoms with E-state index in [1.165, 1.54) is 57.8 Å². The van der Waals surface area contributed by atoms with E-state index in [4.69, 9.17) is 31.9 Å². The number of nitrogens with zero attached hydrogens (tertiary/aromatic N) is 6. The number of aromatic hydroxyl groups is 2. The topological polar surface area (TPSA) is 191 Å². The summed E-state index contributed by atoms with van der Waals surface area (Å²) in [6, 6.07) is 10.00. The Hall–Kier alpha value is -5.87. The first-order valence-electron chi connectivity index (χ1n) is 15.5. The van der Waals surface area contributed by atoms with Gasteiger partial charge in [-0.05, 0) is 76.2 Å². The van der Waals surface area contributed by atoms with E-state index in [1.54, 1.807) is 52.2 Å². The monoisotopic (exact) mass is 740 g/mol. The fourth-order valence-electron chi connectivity index (χ4n) is 4.56. The highest BCUT2D eigenvalue weighted by Crippen LogP contribution is 2.27. The number of anilines is 1. The van der Waals surface area contributed by atoms with E-state index in [0.717, 1.165) is 0 Å². The summed E-state index contributed by atoms with van der Waals surface area (Å²) in [6.45, 7) is 7.49. The lowest BCUT2D eigenvalue weighted by molar-refractivity contribution is 0.0518. The highest BCUT2D eigenvalue weighted by molar-refractivity contribution is 6.29. The molecule has 0 spiro atoms. The second kappa shape index (κ2) is 18.4. The molecule has 6 aromatic rings. The van der Waals surface area contributed by atoms with Gasteiger partial charge in [-0.25, -0.2) is 37.4 Å². The predicted octanol–water partition coefficient (Wildman–Crippen LogP) is 6.67. The lowest BCUT2D eigenvalue weighted by Gasteiger charge is -2.16. The Morgan fingerprint density at radius 1 is 0.827 bits per heavy atom. The van der Waals surface area contributed by atoms with Gasteiger partial charge in [0.25, 0.3) is 0 Å². The van der Waals surface area contributed by atoms with Crippen molar-refractivity contribution in [2.75, 3.05) is 18.5 Å². The minimum absolute atomic E-state index is 0. The molecule has 0 fully saturated rings. The largest absolute Gasteiger partial charge is 0.508 e. The number of benzene rings is 2. The molecule has 0 bridgehead atoms. The summed E-state index contributed by atoms with van der Waals surface area (Å²) in [7, 11) is 0. The number of rotatable bonds is 8. The minimum atomic E-state index is -0.502. The molecule has 0 aliphatic carbocycles. The van der Waals surface area contributed by atoms with Crippen molar-refractivity contribution in [2.24, 2.45) is 5.73 Å². The standard InChI is InChI=1S/C17H17FN4O3.C9H8ClN3O2.C8H10FNO.CH4/c1-3-25-17(24)13-9-19-22-7-6-15(21-16(13)22)20-10(2)12-8-11(18)4-5-14(12)23;1-2-15-9(14)6-5-11-13-4-3-7(10)12-8(6)13;1-5(10)7-4-6(9)2-3-8(7)11;/h4-10,23H,3H2,1-2H3,(H,20,21);3-5H,2H2,1H3;2-5,11H,10H2,1H3;1H4/t10-;;5-;/m1.1./s1. The molecular formula is C35H39ClF2N8O6. The second-order valence-electron chi connectivity index (χ2n) is 10.7. The third-order valence-electron chi connectivity index (χ3n) is 7.00. The van der Waals surface area contributed by atoms with Crippen LogP contribution in [0.2, 0.25) is 5.15 Å². The van der Waals surface area contributed by atoms with Crippen LogP contribution < -0.4 is 11.1 Å². The number of hydrogen-bond donors (Lipinski definition) is 4. The number of aromatic nitrogens is 6. The maximum absolute atomic E-state index is 13.4. The van der Waals surface area contributed by atoms with Crippen molar-refractivity contribution in [3.8, 4) is 11.5 Å². The van der Waals surface area contributed by atoms with Crippen LogP contribution in [-0.4, -0.2) is 64.6 Å². The highest BCUT2D eigenvalue weighted by Gasteiger charge is 2.18. The van der Waals surface area contributed by atoms with Crippen molar-refractivity contribution in [1.29, 1.82) is 0 Å². The molecular weight excluding hydrogens is 702 g/mol. The lowest BCUT2D eigenvalue weighted by atomic mass is 10.1. The molecule has 4 aromatic heterocycles. The molecule has 0 aliphatic rings. The molecule has 2 atom stereocenters. The minimum Gasteiger partial charge on any atom is -0.508 e. The van der Waals surface area contributed by atoms with Crippen molar-refractivity contribution in [3.63, 3.8) is 0 Å². The second-order valence-corrected chi connectivity index (χ2v) is 11.1. The number of hydrogen-bond acceptors (Lipinski definition) is 12. The van der Waals surface area contributed by atoms with Gasteiger partial charge in [0.15, 0.2) is 11.3 Å². The fourth-order valence-corrected chi connectivity index (χ4v) is 4.70. The van der Waals surface area contributed by atoms with Gasteiger partial charge in [-0.15, -0.1) is 0 Å². The quantitative estimate of drug-likeness (QED) is 0.0959. The predicted molar refractivity (Wildman–Crippen MR) is 190 cm³/mol. The summed E-state index contributed by atoms with van der Waals surface area (Å²) in [5.74, 6) is -1.28. The van der Waals surface area contributed by atoms with E-state index in [2.05, 4.69) is 25.5 Å². The van der Waals surface area contributed by atoms with Gasteiger partial charge < -0.3 is 30.7 Å². The van der Waals surface area contributed by atoms with Gasteiger partial charge in [0, 0.05) is 29.6 Å². The Kier molecular flexibility index (Phi) is 14.3. The number of carbonyl (C=O) groups is 2. The molecule has 0 saturated heterocycles. The molecule has 17 heteroatoms. The molecule has 14 nitrogen and oxygen atoms in total. The van der Waals surface area contributed by atoms with Gasteiger partial charge in [-0.1, -0.05) is 19.0 Å².